The van der Waals surface area contributed by atoms with Crippen LogP contribution >= 0.6 is 0 Å². The second-order valence-corrected chi connectivity index (χ2v) is 9.86. The van der Waals surface area contributed by atoms with E-state index in [1.807, 2.05) is 19.1 Å². The number of hydrogen-bond acceptors (Lipinski definition) is 7. The van der Waals surface area contributed by atoms with Gasteiger partial charge < -0.3 is 24.1 Å². The average Bonchev–Trinajstić information content (AvgIpc) is 2.99. The van der Waals surface area contributed by atoms with Gasteiger partial charge in [-0.15, -0.1) is 0 Å². The molecule has 1 aromatic rings. The van der Waals surface area contributed by atoms with E-state index in [9.17, 15) is 4.79 Å². The van der Waals surface area contributed by atoms with Crippen LogP contribution in [0.5, 0.6) is 11.5 Å². The lowest BCUT2D eigenvalue weighted by atomic mass is 9.58. The second-order valence-electron chi connectivity index (χ2n) is 9.86. The van der Waals surface area contributed by atoms with Crippen LogP contribution in [0.3, 0.4) is 0 Å². The molecule has 4 heterocycles. The lowest BCUT2D eigenvalue weighted by Crippen LogP contribution is -2.70. The molecule has 4 aliphatic heterocycles. The lowest BCUT2D eigenvalue weighted by molar-refractivity contribution is -0.575. The van der Waals surface area contributed by atoms with Crippen molar-refractivity contribution in [3.63, 3.8) is 0 Å². The van der Waals surface area contributed by atoms with Crippen LogP contribution in [0, 0.1) is 23.7 Å². The molecule has 0 amide bonds. The fraction of sp³-hybridized carbons (Fsp3) is 0.708. The highest BCUT2D eigenvalue weighted by atomic mass is 17.3. The van der Waals surface area contributed by atoms with Gasteiger partial charge in [-0.3, -0.25) is 4.79 Å². The third-order valence-electron chi connectivity index (χ3n) is 7.76. The predicted molar refractivity (Wildman–Crippen MR) is 112 cm³/mol. The van der Waals surface area contributed by atoms with Crippen LogP contribution in [-0.4, -0.2) is 41.7 Å². The van der Waals surface area contributed by atoms with Crippen LogP contribution in [0.15, 0.2) is 24.3 Å². The summed E-state index contributed by atoms with van der Waals surface area (Å²) in [5, 5.41) is 8.73. The molecular weight excluding hydrogens is 416 g/mol. The van der Waals surface area contributed by atoms with Gasteiger partial charge in [0.25, 0.3) is 0 Å². The van der Waals surface area contributed by atoms with E-state index in [1.165, 1.54) is 0 Å². The van der Waals surface area contributed by atoms with Gasteiger partial charge in [-0.05, 0) is 62.3 Å². The summed E-state index contributed by atoms with van der Waals surface area (Å²) >= 11 is 0. The van der Waals surface area contributed by atoms with Gasteiger partial charge >= 0.3 is 5.97 Å². The molecule has 0 radical (unpaired) electrons. The minimum Gasteiger partial charge on any atom is -0.493 e. The van der Waals surface area contributed by atoms with E-state index in [-0.39, 0.29) is 24.9 Å². The Morgan fingerprint density at radius 2 is 1.84 bits per heavy atom. The maximum absolute atomic E-state index is 10.6. The third-order valence-corrected chi connectivity index (χ3v) is 7.76. The van der Waals surface area contributed by atoms with E-state index >= 15 is 0 Å². The molecule has 0 unspecified atom stereocenters. The summed E-state index contributed by atoms with van der Waals surface area (Å²) in [6.07, 6.45) is 2.87. The van der Waals surface area contributed by atoms with E-state index in [1.54, 1.807) is 12.1 Å². The molecule has 5 fully saturated rings. The van der Waals surface area contributed by atoms with Crippen LogP contribution in [0.4, 0.5) is 0 Å². The lowest BCUT2D eigenvalue weighted by Gasteiger charge is -2.60. The molecule has 5 aliphatic rings. The molecule has 4 saturated heterocycles. The molecule has 1 saturated carbocycles. The number of rotatable bonds is 6. The van der Waals surface area contributed by atoms with Gasteiger partial charge in [0.05, 0.1) is 13.0 Å². The van der Waals surface area contributed by atoms with Crippen LogP contribution in [-0.2, 0) is 24.0 Å². The first-order valence-corrected chi connectivity index (χ1v) is 11.6. The zero-order valence-corrected chi connectivity index (χ0v) is 18.8. The zero-order chi connectivity index (χ0) is 22.5. The molecule has 8 heteroatoms. The molecule has 1 aromatic carbocycles. The molecular formula is C24H32O8. The van der Waals surface area contributed by atoms with E-state index < -0.39 is 29.9 Å². The highest BCUT2D eigenvalue weighted by molar-refractivity contribution is 5.66. The van der Waals surface area contributed by atoms with Gasteiger partial charge in [0.1, 0.15) is 11.5 Å². The highest BCUT2D eigenvalue weighted by Gasteiger charge is 2.69. The van der Waals surface area contributed by atoms with Crippen molar-refractivity contribution in [1.29, 1.82) is 0 Å². The van der Waals surface area contributed by atoms with Crippen LogP contribution in [0.1, 0.15) is 52.9 Å². The van der Waals surface area contributed by atoms with Gasteiger partial charge in [0.2, 0.25) is 12.1 Å². The van der Waals surface area contributed by atoms with Crippen molar-refractivity contribution in [1.82, 2.24) is 0 Å². The van der Waals surface area contributed by atoms with Gasteiger partial charge in [0, 0.05) is 18.3 Å². The molecule has 1 spiro atoms. The normalized spacial score (nSPS) is 42.6. The summed E-state index contributed by atoms with van der Waals surface area (Å²) in [5.41, 5.74) is -0.602. The smallest absolute Gasteiger partial charge is 0.306 e. The maximum atomic E-state index is 10.6. The van der Waals surface area contributed by atoms with E-state index in [2.05, 4.69) is 13.8 Å². The van der Waals surface area contributed by atoms with Crippen molar-refractivity contribution < 1.29 is 38.6 Å². The predicted octanol–water partition coefficient (Wildman–Crippen LogP) is 4.13. The number of ether oxygens (including phenoxy) is 4. The second kappa shape index (κ2) is 8.17. The fourth-order valence-electron chi connectivity index (χ4n) is 6.01. The minimum absolute atomic E-state index is 0.0411. The van der Waals surface area contributed by atoms with E-state index in [0.717, 1.165) is 25.7 Å². The number of carbonyl (C=O) groups is 1. The Balaban J connectivity index is 1.33. The maximum Gasteiger partial charge on any atom is 0.306 e. The summed E-state index contributed by atoms with van der Waals surface area (Å²) in [6, 6.07) is 7.16. The summed E-state index contributed by atoms with van der Waals surface area (Å²) in [5.74, 6) is 0.690. The van der Waals surface area contributed by atoms with Crippen LogP contribution in [0.2, 0.25) is 0 Å². The first-order valence-electron chi connectivity index (χ1n) is 11.6. The van der Waals surface area contributed by atoms with Crippen molar-refractivity contribution in [2.24, 2.45) is 23.7 Å². The first-order chi connectivity index (χ1) is 15.3. The number of fused-ring (bicyclic) bond motifs is 2. The quantitative estimate of drug-likeness (QED) is 0.650. The summed E-state index contributed by atoms with van der Waals surface area (Å²) in [4.78, 5) is 22.6. The van der Waals surface area contributed by atoms with Crippen molar-refractivity contribution >= 4 is 5.97 Å². The topological polar surface area (TPSA) is 92.7 Å². The third kappa shape index (κ3) is 3.67. The fourth-order valence-corrected chi connectivity index (χ4v) is 6.01. The van der Waals surface area contributed by atoms with Gasteiger partial charge in [0.15, 0.2) is 11.9 Å². The first kappa shape index (κ1) is 21.9. The molecule has 2 bridgehead atoms. The van der Waals surface area contributed by atoms with Crippen molar-refractivity contribution in [2.75, 3.05) is 6.61 Å². The van der Waals surface area contributed by atoms with Crippen LogP contribution < -0.4 is 9.47 Å². The van der Waals surface area contributed by atoms with Gasteiger partial charge in [-0.2, -0.15) is 0 Å². The van der Waals surface area contributed by atoms with Gasteiger partial charge in [-0.1, -0.05) is 13.8 Å². The molecule has 176 valence electrons. The molecule has 1 N–H and O–H groups in total. The Labute approximate surface area is 188 Å². The van der Waals surface area contributed by atoms with E-state index in [4.69, 9.17) is 33.8 Å². The standard InChI is InChI=1S/C24H32O8/c1-14-4-9-19-15(2)21(28-17-7-5-16(6-8-17)27-13-11-20(25)26)29-22-24(19)18(14)10-12-23(3,30-22)31-32-24/h5-8,14-15,18-19,21-22H,4,9-13H2,1-3H3,(H,25,26)/t14-,15-,18+,19+,21+,22-,23-,24-/m1/s1. The summed E-state index contributed by atoms with van der Waals surface area (Å²) in [6.45, 7) is 6.49. The zero-order valence-electron chi connectivity index (χ0n) is 18.8. The molecule has 8 atom stereocenters. The number of carboxylic acid groups (broad SMARTS) is 1. The average molecular weight is 449 g/mol. The van der Waals surface area contributed by atoms with Gasteiger partial charge in [-0.25, -0.2) is 9.78 Å². The number of benzene rings is 1. The Bertz CT molecular complexity index is 843. The van der Waals surface area contributed by atoms with Crippen molar-refractivity contribution in [3.8, 4) is 11.5 Å². The highest BCUT2D eigenvalue weighted by Crippen LogP contribution is 2.60. The van der Waals surface area contributed by atoms with E-state index in [0.29, 0.717) is 23.3 Å². The minimum atomic E-state index is -0.886. The Kier molecular flexibility index (Phi) is 5.60. The summed E-state index contributed by atoms with van der Waals surface area (Å²) < 4.78 is 24.5. The number of aliphatic carboxylic acids is 1. The Morgan fingerprint density at radius 3 is 2.59 bits per heavy atom. The summed E-state index contributed by atoms with van der Waals surface area (Å²) in [7, 11) is 0. The molecule has 0 aromatic heterocycles. The largest absolute Gasteiger partial charge is 0.493 e. The number of hydrogen-bond donors (Lipinski definition) is 1. The molecule has 32 heavy (non-hydrogen) atoms. The molecule has 8 nitrogen and oxygen atoms in total. The number of carboxylic acids is 1. The Hall–Kier alpha value is -1.87. The van der Waals surface area contributed by atoms with Crippen LogP contribution in [0.25, 0.3) is 0 Å². The van der Waals surface area contributed by atoms with Crippen molar-refractivity contribution in [2.45, 2.75) is 76.8 Å². The van der Waals surface area contributed by atoms with Crippen molar-refractivity contribution in [3.05, 3.63) is 24.3 Å². The Morgan fingerprint density at radius 1 is 1.09 bits per heavy atom. The SMILES string of the molecule is C[C@H]1[C@@H](Oc2ccc(OCCC(=O)O)cc2)O[C@@H]2O[C@@]3(C)CC[C@H]4[C@H](C)CC[C@@H]1[C@@]24OO3. The molecule has 1 aliphatic carbocycles. The molecule has 6 rings (SSSR count). The monoisotopic (exact) mass is 448 g/mol.